The van der Waals surface area contributed by atoms with Gasteiger partial charge in [0.25, 0.3) is 0 Å². The standard InChI is InChI=1S/C14H19N3O3S/c1-11(18)17-9-6-12-10-13(4-5-14(12)17)21(19,20)16-8-3-2-7-15/h2-5,10,16H,6-9,15H2,1H3/b3-2+. The molecule has 0 spiro atoms. The summed E-state index contributed by atoms with van der Waals surface area (Å²) in [6.07, 6.45) is 4.03. The summed E-state index contributed by atoms with van der Waals surface area (Å²) in [6.45, 7) is 2.68. The third kappa shape index (κ3) is 3.49. The Morgan fingerprint density at radius 1 is 1.43 bits per heavy atom. The Bertz CT molecular complexity index is 668. The molecule has 1 heterocycles. The maximum Gasteiger partial charge on any atom is 0.240 e. The summed E-state index contributed by atoms with van der Waals surface area (Å²) < 4.78 is 26.8. The smallest absolute Gasteiger partial charge is 0.240 e. The Hall–Kier alpha value is -1.70. The molecule has 7 heteroatoms. The maximum atomic E-state index is 12.2. The summed E-state index contributed by atoms with van der Waals surface area (Å²) >= 11 is 0. The van der Waals surface area contributed by atoms with Crippen LogP contribution in [0.4, 0.5) is 5.69 Å². The van der Waals surface area contributed by atoms with E-state index in [0.29, 0.717) is 19.5 Å². The fourth-order valence-electron chi connectivity index (χ4n) is 2.29. The fraction of sp³-hybridized carbons (Fsp3) is 0.357. The number of sulfonamides is 1. The maximum absolute atomic E-state index is 12.2. The molecule has 0 atom stereocenters. The Balaban J connectivity index is 2.19. The molecule has 0 bridgehead atoms. The highest BCUT2D eigenvalue weighted by molar-refractivity contribution is 7.89. The summed E-state index contributed by atoms with van der Waals surface area (Å²) in [5, 5.41) is 0. The minimum atomic E-state index is -3.55. The number of carbonyl (C=O) groups is 1. The zero-order chi connectivity index (χ0) is 15.5. The van der Waals surface area contributed by atoms with Crippen molar-refractivity contribution in [1.82, 2.24) is 4.72 Å². The van der Waals surface area contributed by atoms with E-state index in [1.807, 2.05) is 0 Å². The third-order valence-electron chi connectivity index (χ3n) is 3.33. The number of nitrogens with zero attached hydrogens (tertiary/aromatic N) is 1. The van der Waals surface area contributed by atoms with E-state index in [0.717, 1.165) is 11.3 Å². The zero-order valence-electron chi connectivity index (χ0n) is 11.9. The van der Waals surface area contributed by atoms with Gasteiger partial charge in [0, 0.05) is 32.2 Å². The van der Waals surface area contributed by atoms with Gasteiger partial charge in [0.05, 0.1) is 4.90 Å². The zero-order valence-corrected chi connectivity index (χ0v) is 12.7. The third-order valence-corrected chi connectivity index (χ3v) is 4.75. The monoisotopic (exact) mass is 309 g/mol. The molecule has 0 radical (unpaired) electrons. The highest BCUT2D eigenvalue weighted by atomic mass is 32.2. The minimum Gasteiger partial charge on any atom is -0.327 e. The first-order valence-corrected chi connectivity index (χ1v) is 8.20. The SMILES string of the molecule is CC(=O)N1CCc2cc(S(=O)(=O)NC/C=C/CN)ccc21. The second-order valence-electron chi connectivity index (χ2n) is 4.77. The Morgan fingerprint density at radius 3 is 2.86 bits per heavy atom. The average molecular weight is 309 g/mol. The highest BCUT2D eigenvalue weighted by Crippen LogP contribution is 2.30. The van der Waals surface area contributed by atoms with Crippen molar-refractivity contribution in [2.75, 3.05) is 24.5 Å². The molecule has 1 aliphatic rings. The van der Waals surface area contributed by atoms with Crippen LogP contribution in [0.2, 0.25) is 0 Å². The number of benzene rings is 1. The van der Waals surface area contributed by atoms with Crippen LogP contribution in [0.15, 0.2) is 35.2 Å². The number of nitrogens with two attached hydrogens (primary N) is 1. The predicted molar refractivity (Wildman–Crippen MR) is 81.6 cm³/mol. The van der Waals surface area contributed by atoms with Gasteiger partial charge in [0.2, 0.25) is 15.9 Å². The van der Waals surface area contributed by atoms with Crippen molar-refractivity contribution in [3.63, 3.8) is 0 Å². The summed E-state index contributed by atoms with van der Waals surface area (Å²) in [5.41, 5.74) is 6.97. The van der Waals surface area contributed by atoms with Crippen molar-refractivity contribution in [3.8, 4) is 0 Å². The molecule has 21 heavy (non-hydrogen) atoms. The van der Waals surface area contributed by atoms with Crippen molar-refractivity contribution in [3.05, 3.63) is 35.9 Å². The second-order valence-corrected chi connectivity index (χ2v) is 6.54. The van der Waals surface area contributed by atoms with E-state index in [-0.39, 0.29) is 17.3 Å². The Labute approximate surface area is 124 Å². The molecule has 1 aromatic rings. The molecule has 114 valence electrons. The first kappa shape index (κ1) is 15.7. The summed E-state index contributed by atoms with van der Waals surface area (Å²) in [5.74, 6) is -0.0330. The van der Waals surface area contributed by atoms with Crippen molar-refractivity contribution < 1.29 is 13.2 Å². The van der Waals surface area contributed by atoms with E-state index in [9.17, 15) is 13.2 Å². The quantitative estimate of drug-likeness (QED) is 0.770. The molecule has 0 unspecified atom stereocenters. The number of hydrogen-bond donors (Lipinski definition) is 2. The summed E-state index contributed by atoms with van der Waals surface area (Å²) in [7, 11) is -3.55. The van der Waals surface area contributed by atoms with Gasteiger partial charge in [-0.25, -0.2) is 13.1 Å². The van der Waals surface area contributed by atoms with E-state index < -0.39 is 10.0 Å². The molecule has 0 fully saturated rings. The van der Waals surface area contributed by atoms with Crippen molar-refractivity contribution in [2.45, 2.75) is 18.2 Å². The van der Waals surface area contributed by atoms with E-state index in [1.54, 1.807) is 29.2 Å². The first-order chi connectivity index (χ1) is 9.95. The molecule has 2 rings (SSSR count). The molecule has 0 aliphatic carbocycles. The Kier molecular flexibility index (Phi) is 4.76. The van der Waals surface area contributed by atoms with Gasteiger partial charge >= 0.3 is 0 Å². The van der Waals surface area contributed by atoms with Gasteiger partial charge in [-0.1, -0.05) is 12.2 Å². The van der Waals surface area contributed by atoms with Crippen LogP contribution in [-0.2, 0) is 21.2 Å². The number of fused-ring (bicyclic) bond motifs is 1. The van der Waals surface area contributed by atoms with E-state index >= 15 is 0 Å². The number of anilines is 1. The van der Waals surface area contributed by atoms with Gasteiger partial charge in [0.1, 0.15) is 0 Å². The predicted octanol–water partition coefficient (Wildman–Crippen LogP) is 0.389. The van der Waals surface area contributed by atoms with Crippen molar-refractivity contribution in [2.24, 2.45) is 5.73 Å². The second kappa shape index (κ2) is 6.38. The Morgan fingerprint density at radius 2 is 2.19 bits per heavy atom. The molecule has 0 saturated heterocycles. The van der Waals surface area contributed by atoms with Crippen LogP contribution in [0.3, 0.4) is 0 Å². The van der Waals surface area contributed by atoms with E-state index in [2.05, 4.69) is 4.72 Å². The first-order valence-electron chi connectivity index (χ1n) is 6.71. The average Bonchev–Trinajstić information content (AvgIpc) is 2.86. The molecular formula is C14H19N3O3S. The summed E-state index contributed by atoms with van der Waals surface area (Å²) in [6, 6.07) is 4.84. The molecule has 1 amide bonds. The van der Waals surface area contributed by atoms with Crippen molar-refractivity contribution in [1.29, 1.82) is 0 Å². The lowest BCUT2D eigenvalue weighted by Gasteiger charge is -2.15. The van der Waals surface area contributed by atoms with Crippen LogP contribution < -0.4 is 15.4 Å². The molecular weight excluding hydrogens is 290 g/mol. The van der Waals surface area contributed by atoms with E-state index in [1.165, 1.54) is 13.0 Å². The summed E-state index contributed by atoms with van der Waals surface area (Å²) in [4.78, 5) is 13.3. The highest BCUT2D eigenvalue weighted by Gasteiger charge is 2.24. The number of rotatable bonds is 5. The molecule has 1 aromatic carbocycles. The number of carbonyl (C=O) groups excluding carboxylic acids is 1. The number of nitrogens with one attached hydrogen (secondary N) is 1. The molecule has 6 nitrogen and oxygen atoms in total. The van der Waals surface area contributed by atoms with E-state index in [4.69, 9.17) is 5.73 Å². The van der Waals surface area contributed by atoms with Crippen LogP contribution in [0, 0.1) is 0 Å². The topological polar surface area (TPSA) is 92.5 Å². The van der Waals surface area contributed by atoms with Crippen LogP contribution in [0.1, 0.15) is 12.5 Å². The largest absolute Gasteiger partial charge is 0.327 e. The van der Waals surface area contributed by atoms with Crippen molar-refractivity contribution >= 4 is 21.6 Å². The lowest BCUT2D eigenvalue weighted by Crippen LogP contribution is -2.26. The van der Waals surface area contributed by atoms with Gasteiger partial charge < -0.3 is 10.6 Å². The number of amides is 1. The minimum absolute atomic E-state index is 0.0330. The van der Waals surface area contributed by atoms with Crippen LogP contribution >= 0.6 is 0 Å². The van der Waals surface area contributed by atoms with Crippen LogP contribution in [-0.4, -0.2) is 34.0 Å². The lowest BCUT2D eigenvalue weighted by molar-refractivity contribution is -0.116. The van der Waals surface area contributed by atoms with Gasteiger partial charge in [-0.15, -0.1) is 0 Å². The molecule has 0 aromatic heterocycles. The van der Waals surface area contributed by atoms with Gasteiger partial charge in [-0.2, -0.15) is 0 Å². The normalized spacial score (nSPS) is 14.7. The lowest BCUT2D eigenvalue weighted by atomic mass is 10.2. The van der Waals surface area contributed by atoms with Crippen LogP contribution in [0.25, 0.3) is 0 Å². The van der Waals surface area contributed by atoms with Gasteiger partial charge in [-0.3, -0.25) is 4.79 Å². The fourth-order valence-corrected chi connectivity index (χ4v) is 3.32. The van der Waals surface area contributed by atoms with Crippen LogP contribution in [0.5, 0.6) is 0 Å². The van der Waals surface area contributed by atoms with Gasteiger partial charge in [0.15, 0.2) is 0 Å². The molecule has 3 N–H and O–H groups in total. The van der Waals surface area contributed by atoms with Gasteiger partial charge in [-0.05, 0) is 30.2 Å². The molecule has 0 saturated carbocycles. The molecule has 1 aliphatic heterocycles. The number of hydrogen-bond acceptors (Lipinski definition) is 4.